The SMILES string of the molecule is Cc1ccccc1CO/N=[C]\c1ccccc1Cl. The van der Waals surface area contributed by atoms with Gasteiger partial charge in [-0.05, 0) is 24.1 Å². The number of hydrogen-bond donors (Lipinski definition) is 0. The Morgan fingerprint density at radius 1 is 1.11 bits per heavy atom. The molecule has 0 fully saturated rings. The molecule has 18 heavy (non-hydrogen) atoms. The van der Waals surface area contributed by atoms with Crippen molar-refractivity contribution >= 4 is 17.8 Å². The lowest BCUT2D eigenvalue weighted by atomic mass is 10.1. The van der Waals surface area contributed by atoms with Gasteiger partial charge in [0.05, 0.1) is 5.02 Å². The molecular formula is C15H13ClNO. The van der Waals surface area contributed by atoms with Gasteiger partial charge in [0.2, 0.25) is 0 Å². The van der Waals surface area contributed by atoms with Crippen LogP contribution in [0.15, 0.2) is 53.7 Å². The number of halogens is 1. The summed E-state index contributed by atoms with van der Waals surface area (Å²) in [5, 5.41) is 4.42. The van der Waals surface area contributed by atoms with Gasteiger partial charge in [-0.3, -0.25) is 0 Å². The second-order valence-corrected chi connectivity index (χ2v) is 4.29. The van der Waals surface area contributed by atoms with Crippen molar-refractivity contribution in [3.05, 3.63) is 70.2 Å². The molecule has 0 amide bonds. The van der Waals surface area contributed by atoms with E-state index < -0.39 is 0 Å². The Morgan fingerprint density at radius 2 is 1.83 bits per heavy atom. The molecule has 91 valence electrons. The second kappa shape index (κ2) is 6.22. The maximum Gasteiger partial charge on any atom is 0.142 e. The van der Waals surface area contributed by atoms with Gasteiger partial charge in [-0.2, -0.15) is 0 Å². The molecule has 0 saturated heterocycles. The highest BCUT2D eigenvalue weighted by molar-refractivity contribution is 6.33. The van der Waals surface area contributed by atoms with Crippen LogP contribution in [0.25, 0.3) is 0 Å². The Morgan fingerprint density at radius 3 is 2.61 bits per heavy atom. The quantitative estimate of drug-likeness (QED) is 0.598. The highest BCUT2D eigenvalue weighted by atomic mass is 35.5. The van der Waals surface area contributed by atoms with Crippen LogP contribution in [-0.2, 0) is 11.4 Å². The Balaban J connectivity index is 1.93. The first-order valence-electron chi connectivity index (χ1n) is 5.64. The van der Waals surface area contributed by atoms with E-state index in [1.54, 1.807) is 6.07 Å². The van der Waals surface area contributed by atoms with E-state index in [2.05, 4.69) is 11.4 Å². The molecule has 0 N–H and O–H groups in total. The minimum absolute atomic E-state index is 0.435. The fraction of sp³-hybridized carbons (Fsp3) is 0.133. The fourth-order valence-electron chi connectivity index (χ4n) is 1.51. The summed E-state index contributed by atoms with van der Waals surface area (Å²) < 4.78 is 0. The first-order valence-corrected chi connectivity index (χ1v) is 6.02. The molecule has 1 radical (unpaired) electrons. The van der Waals surface area contributed by atoms with Gasteiger partial charge in [0.1, 0.15) is 12.8 Å². The third-order valence-corrected chi connectivity index (χ3v) is 2.92. The van der Waals surface area contributed by atoms with E-state index in [1.807, 2.05) is 49.4 Å². The number of nitrogens with zero attached hydrogens (tertiary/aromatic N) is 1. The summed E-state index contributed by atoms with van der Waals surface area (Å²) in [7, 11) is 0. The summed E-state index contributed by atoms with van der Waals surface area (Å²) in [5.74, 6) is 0. The fourth-order valence-corrected chi connectivity index (χ4v) is 1.69. The van der Waals surface area contributed by atoms with Crippen molar-refractivity contribution in [3.8, 4) is 0 Å². The van der Waals surface area contributed by atoms with Crippen LogP contribution in [0.5, 0.6) is 0 Å². The molecule has 0 bridgehead atoms. The summed E-state index contributed by atoms with van der Waals surface area (Å²) in [6.07, 6.45) is 2.77. The standard InChI is InChI=1S/C15H13ClNO/c1-12-6-2-3-8-14(12)11-18-17-10-13-7-4-5-9-15(13)16/h2-9H,11H2,1H3. The van der Waals surface area contributed by atoms with Crippen molar-refractivity contribution in [2.45, 2.75) is 13.5 Å². The van der Waals surface area contributed by atoms with Gasteiger partial charge in [0.15, 0.2) is 0 Å². The molecule has 2 rings (SSSR count). The molecule has 0 spiro atoms. The monoisotopic (exact) mass is 258 g/mol. The summed E-state index contributed by atoms with van der Waals surface area (Å²) in [6.45, 7) is 2.48. The lowest BCUT2D eigenvalue weighted by Gasteiger charge is -2.03. The lowest BCUT2D eigenvalue weighted by Crippen LogP contribution is -1.91. The third-order valence-electron chi connectivity index (χ3n) is 2.59. The maximum absolute atomic E-state index is 5.97. The average Bonchev–Trinajstić information content (AvgIpc) is 2.38. The summed E-state index contributed by atoms with van der Waals surface area (Å²) in [4.78, 5) is 5.21. The minimum Gasteiger partial charge on any atom is -0.390 e. The highest BCUT2D eigenvalue weighted by Gasteiger charge is 1.97. The largest absolute Gasteiger partial charge is 0.390 e. The number of benzene rings is 2. The molecule has 0 heterocycles. The van der Waals surface area contributed by atoms with Crippen LogP contribution in [-0.4, -0.2) is 6.21 Å². The molecule has 0 saturated carbocycles. The molecule has 0 aliphatic rings. The van der Waals surface area contributed by atoms with Gasteiger partial charge >= 0.3 is 0 Å². The Hall–Kier alpha value is -1.80. The van der Waals surface area contributed by atoms with Crippen molar-refractivity contribution < 1.29 is 4.84 Å². The topological polar surface area (TPSA) is 21.6 Å². The van der Waals surface area contributed by atoms with E-state index in [9.17, 15) is 0 Å². The molecule has 2 aromatic carbocycles. The van der Waals surface area contributed by atoms with Crippen molar-refractivity contribution in [1.29, 1.82) is 0 Å². The number of rotatable bonds is 4. The Labute approximate surface area is 112 Å². The van der Waals surface area contributed by atoms with E-state index in [1.165, 1.54) is 5.56 Å². The van der Waals surface area contributed by atoms with E-state index in [-0.39, 0.29) is 0 Å². The van der Waals surface area contributed by atoms with Crippen LogP contribution >= 0.6 is 11.6 Å². The third kappa shape index (κ3) is 3.34. The molecule has 2 nitrogen and oxygen atoms in total. The van der Waals surface area contributed by atoms with Crippen molar-refractivity contribution in [2.24, 2.45) is 5.16 Å². The second-order valence-electron chi connectivity index (χ2n) is 3.88. The van der Waals surface area contributed by atoms with Gasteiger partial charge in [-0.1, -0.05) is 59.2 Å². The minimum atomic E-state index is 0.435. The van der Waals surface area contributed by atoms with Crippen LogP contribution in [0.1, 0.15) is 16.7 Å². The first kappa shape index (κ1) is 12.7. The van der Waals surface area contributed by atoms with Crippen LogP contribution in [0, 0.1) is 6.92 Å². The van der Waals surface area contributed by atoms with Crippen molar-refractivity contribution in [3.63, 3.8) is 0 Å². The molecule has 0 aliphatic heterocycles. The molecule has 0 aliphatic carbocycles. The average molecular weight is 259 g/mol. The normalized spacial score (nSPS) is 10.8. The summed E-state index contributed by atoms with van der Waals surface area (Å²) >= 11 is 5.97. The zero-order valence-electron chi connectivity index (χ0n) is 10.1. The first-order chi connectivity index (χ1) is 8.77. The van der Waals surface area contributed by atoms with E-state index in [0.717, 1.165) is 11.1 Å². The zero-order valence-corrected chi connectivity index (χ0v) is 10.8. The van der Waals surface area contributed by atoms with Crippen molar-refractivity contribution in [1.82, 2.24) is 0 Å². The molecule has 3 heteroatoms. The van der Waals surface area contributed by atoms with Crippen LogP contribution in [0.3, 0.4) is 0 Å². The maximum atomic E-state index is 5.97. The van der Waals surface area contributed by atoms with Gasteiger partial charge in [-0.25, -0.2) is 0 Å². The Bertz CT molecular complexity index is 552. The molecule has 0 unspecified atom stereocenters. The zero-order chi connectivity index (χ0) is 12.8. The summed E-state index contributed by atoms with van der Waals surface area (Å²) in [5.41, 5.74) is 3.02. The molecule has 0 aromatic heterocycles. The smallest absolute Gasteiger partial charge is 0.142 e. The number of hydrogen-bond acceptors (Lipinski definition) is 2. The number of aryl methyl sites for hydroxylation is 1. The molecule has 0 atom stereocenters. The predicted molar refractivity (Wildman–Crippen MR) is 74.0 cm³/mol. The van der Waals surface area contributed by atoms with E-state index in [0.29, 0.717) is 11.6 Å². The van der Waals surface area contributed by atoms with E-state index >= 15 is 0 Å². The molecule has 2 aromatic rings. The van der Waals surface area contributed by atoms with Crippen LogP contribution < -0.4 is 0 Å². The van der Waals surface area contributed by atoms with Gasteiger partial charge in [0.25, 0.3) is 0 Å². The van der Waals surface area contributed by atoms with Crippen molar-refractivity contribution in [2.75, 3.05) is 0 Å². The van der Waals surface area contributed by atoms with Gasteiger partial charge < -0.3 is 4.84 Å². The van der Waals surface area contributed by atoms with Gasteiger partial charge in [-0.15, -0.1) is 0 Å². The van der Waals surface area contributed by atoms with E-state index in [4.69, 9.17) is 16.4 Å². The highest BCUT2D eigenvalue weighted by Crippen LogP contribution is 2.13. The molecular weight excluding hydrogens is 246 g/mol. The van der Waals surface area contributed by atoms with Gasteiger partial charge in [0, 0.05) is 5.56 Å². The van der Waals surface area contributed by atoms with Crippen LogP contribution in [0.4, 0.5) is 0 Å². The summed E-state index contributed by atoms with van der Waals surface area (Å²) in [6, 6.07) is 15.4. The lowest BCUT2D eigenvalue weighted by molar-refractivity contribution is 0.131. The predicted octanol–water partition coefficient (Wildman–Crippen LogP) is 4.08. The Kier molecular flexibility index (Phi) is 4.37. The van der Waals surface area contributed by atoms with Crippen LogP contribution in [0.2, 0.25) is 5.02 Å².